The van der Waals surface area contributed by atoms with Crippen molar-refractivity contribution in [2.24, 2.45) is 0 Å². The summed E-state index contributed by atoms with van der Waals surface area (Å²) in [5, 5.41) is 9.52. The van der Waals surface area contributed by atoms with E-state index in [1.165, 1.54) is 24.9 Å². The normalized spacial score (nSPS) is 26.2. The molecular formula is C15H23NO. The van der Waals surface area contributed by atoms with Crippen LogP contribution in [0, 0.1) is 0 Å². The molecule has 2 heteroatoms. The molecule has 0 amide bonds. The first-order chi connectivity index (χ1) is 8.13. The first-order valence-corrected chi connectivity index (χ1v) is 6.69. The molecule has 1 aromatic rings. The van der Waals surface area contributed by atoms with E-state index in [4.69, 9.17) is 0 Å². The van der Waals surface area contributed by atoms with Crippen molar-refractivity contribution in [1.82, 2.24) is 0 Å². The summed E-state index contributed by atoms with van der Waals surface area (Å²) in [7, 11) is 0. The Bertz CT molecular complexity index is 358. The molecule has 0 saturated carbocycles. The molecule has 2 nitrogen and oxygen atoms in total. The van der Waals surface area contributed by atoms with Crippen molar-refractivity contribution in [2.45, 2.75) is 58.2 Å². The lowest BCUT2D eigenvalue weighted by Gasteiger charge is -2.30. The molecule has 1 fully saturated rings. The first kappa shape index (κ1) is 12.4. The van der Waals surface area contributed by atoms with E-state index >= 15 is 0 Å². The number of nitrogens with zero attached hydrogens (tertiary/aromatic N) is 1. The van der Waals surface area contributed by atoms with Gasteiger partial charge in [-0.25, -0.2) is 0 Å². The van der Waals surface area contributed by atoms with E-state index < -0.39 is 0 Å². The van der Waals surface area contributed by atoms with Gasteiger partial charge < -0.3 is 10.0 Å². The fraction of sp³-hybridized carbons (Fsp3) is 0.600. The van der Waals surface area contributed by atoms with Crippen molar-refractivity contribution >= 4 is 5.69 Å². The van der Waals surface area contributed by atoms with Crippen LogP contribution in [0.1, 0.15) is 51.7 Å². The van der Waals surface area contributed by atoms with Crippen LogP contribution in [0.2, 0.25) is 0 Å². The summed E-state index contributed by atoms with van der Waals surface area (Å²) in [5.74, 6) is 0. The molecule has 1 saturated heterocycles. The molecule has 2 unspecified atom stereocenters. The Hall–Kier alpha value is -1.02. The Balaban J connectivity index is 2.21. The topological polar surface area (TPSA) is 23.5 Å². The van der Waals surface area contributed by atoms with Crippen LogP contribution in [-0.2, 0) is 0 Å². The van der Waals surface area contributed by atoms with Crippen molar-refractivity contribution in [3.8, 4) is 0 Å². The number of rotatable bonds is 3. The minimum absolute atomic E-state index is 0.373. The summed E-state index contributed by atoms with van der Waals surface area (Å²) < 4.78 is 0. The monoisotopic (exact) mass is 233 g/mol. The molecule has 1 N–H and O–H groups in total. The predicted octanol–water partition coefficient (Wildman–Crippen LogP) is 3.51. The second-order valence-corrected chi connectivity index (χ2v) is 5.16. The highest BCUT2D eigenvalue weighted by molar-refractivity contribution is 5.50. The molecule has 0 aromatic heterocycles. The molecule has 3 atom stereocenters. The molecule has 1 aliphatic heterocycles. The summed E-state index contributed by atoms with van der Waals surface area (Å²) >= 11 is 0. The number of benzene rings is 1. The van der Waals surface area contributed by atoms with Crippen molar-refractivity contribution in [1.29, 1.82) is 0 Å². The van der Waals surface area contributed by atoms with Gasteiger partial charge in [0.1, 0.15) is 0 Å². The van der Waals surface area contributed by atoms with Crippen LogP contribution in [0.25, 0.3) is 0 Å². The van der Waals surface area contributed by atoms with Crippen LogP contribution < -0.4 is 4.90 Å². The maximum Gasteiger partial charge on any atom is 0.0761 e. The predicted molar refractivity (Wildman–Crippen MR) is 72.3 cm³/mol. The maximum atomic E-state index is 9.52. The van der Waals surface area contributed by atoms with Crippen LogP contribution >= 0.6 is 0 Å². The van der Waals surface area contributed by atoms with Gasteiger partial charge in [0.25, 0.3) is 0 Å². The second kappa shape index (κ2) is 5.09. The summed E-state index contributed by atoms with van der Waals surface area (Å²) in [4.78, 5) is 2.53. The summed E-state index contributed by atoms with van der Waals surface area (Å²) in [6, 6.07) is 9.69. The van der Waals surface area contributed by atoms with Crippen LogP contribution in [-0.4, -0.2) is 17.2 Å². The van der Waals surface area contributed by atoms with Crippen LogP contribution in [0.4, 0.5) is 5.69 Å². The third-order valence-corrected chi connectivity index (χ3v) is 3.93. The van der Waals surface area contributed by atoms with Gasteiger partial charge >= 0.3 is 0 Å². The van der Waals surface area contributed by atoms with Gasteiger partial charge in [-0.15, -0.1) is 0 Å². The average Bonchev–Trinajstić information content (AvgIpc) is 2.70. The van der Waals surface area contributed by atoms with Crippen molar-refractivity contribution in [3.63, 3.8) is 0 Å². The van der Waals surface area contributed by atoms with Gasteiger partial charge in [0, 0.05) is 17.8 Å². The number of hydrogen-bond donors (Lipinski definition) is 1. The SMILES string of the molecule is CCC1CCC(C)N1c1ccc([C@H](C)O)cc1. The van der Waals surface area contributed by atoms with Gasteiger partial charge in [0.2, 0.25) is 0 Å². The van der Waals surface area contributed by atoms with E-state index in [1.54, 1.807) is 0 Å². The number of anilines is 1. The third kappa shape index (κ3) is 2.47. The summed E-state index contributed by atoms with van der Waals surface area (Å²) in [6.45, 7) is 6.38. The van der Waals surface area contributed by atoms with Crippen molar-refractivity contribution in [3.05, 3.63) is 29.8 Å². The molecule has 0 bridgehead atoms. The molecule has 94 valence electrons. The molecule has 2 rings (SSSR count). The van der Waals surface area contributed by atoms with E-state index in [2.05, 4.69) is 30.9 Å². The van der Waals surface area contributed by atoms with Crippen LogP contribution in [0.5, 0.6) is 0 Å². The minimum atomic E-state index is -0.373. The van der Waals surface area contributed by atoms with Gasteiger partial charge in [0.05, 0.1) is 6.10 Å². The van der Waals surface area contributed by atoms with Gasteiger partial charge in [-0.3, -0.25) is 0 Å². The lowest BCUT2D eigenvalue weighted by molar-refractivity contribution is 0.199. The smallest absolute Gasteiger partial charge is 0.0761 e. The number of aliphatic hydroxyl groups is 1. The molecule has 17 heavy (non-hydrogen) atoms. The third-order valence-electron chi connectivity index (χ3n) is 3.93. The summed E-state index contributed by atoms with van der Waals surface area (Å²) in [6.07, 6.45) is 3.43. The number of aliphatic hydroxyl groups excluding tert-OH is 1. The van der Waals surface area contributed by atoms with Crippen LogP contribution in [0.15, 0.2) is 24.3 Å². The zero-order valence-electron chi connectivity index (χ0n) is 11.1. The maximum absolute atomic E-state index is 9.52. The average molecular weight is 233 g/mol. The molecule has 1 heterocycles. The highest BCUT2D eigenvalue weighted by atomic mass is 16.3. The number of hydrogen-bond acceptors (Lipinski definition) is 2. The Kier molecular flexibility index (Phi) is 3.72. The standard InChI is InChI=1S/C15H23NO/c1-4-14-8-5-11(2)16(14)15-9-6-13(7-10-15)12(3)17/h6-7,9-12,14,17H,4-5,8H2,1-3H3/t11?,12-,14?/m0/s1. The van der Waals surface area contributed by atoms with E-state index in [0.29, 0.717) is 12.1 Å². The van der Waals surface area contributed by atoms with E-state index in [1.807, 2.05) is 19.1 Å². The second-order valence-electron chi connectivity index (χ2n) is 5.16. The molecular weight excluding hydrogens is 210 g/mol. The minimum Gasteiger partial charge on any atom is -0.389 e. The highest BCUT2D eigenvalue weighted by Crippen LogP contribution is 2.32. The zero-order chi connectivity index (χ0) is 12.4. The van der Waals surface area contributed by atoms with Crippen LogP contribution in [0.3, 0.4) is 0 Å². The molecule has 0 spiro atoms. The fourth-order valence-electron chi connectivity index (χ4n) is 2.86. The Labute approximate surface area is 104 Å². The zero-order valence-corrected chi connectivity index (χ0v) is 11.1. The largest absolute Gasteiger partial charge is 0.389 e. The highest BCUT2D eigenvalue weighted by Gasteiger charge is 2.29. The van der Waals surface area contributed by atoms with E-state index in [0.717, 1.165) is 5.56 Å². The summed E-state index contributed by atoms with van der Waals surface area (Å²) in [5.41, 5.74) is 2.29. The Morgan fingerprint density at radius 2 is 1.94 bits per heavy atom. The molecule has 0 radical (unpaired) electrons. The van der Waals surface area contributed by atoms with Crippen molar-refractivity contribution < 1.29 is 5.11 Å². The molecule has 0 aliphatic carbocycles. The van der Waals surface area contributed by atoms with Crippen molar-refractivity contribution in [2.75, 3.05) is 4.90 Å². The first-order valence-electron chi connectivity index (χ1n) is 6.69. The lowest BCUT2D eigenvalue weighted by atomic mass is 10.1. The quantitative estimate of drug-likeness (QED) is 0.863. The van der Waals surface area contributed by atoms with Gasteiger partial charge in [0.15, 0.2) is 0 Å². The fourth-order valence-corrected chi connectivity index (χ4v) is 2.86. The van der Waals surface area contributed by atoms with Gasteiger partial charge in [-0.05, 0) is 50.8 Å². The van der Waals surface area contributed by atoms with E-state index in [9.17, 15) is 5.11 Å². The lowest BCUT2D eigenvalue weighted by Crippen LogP contribution is -2.33. The Morgan fingerprint density at radius 1 is 1.29 bits per heavy atom. The Morgan fingerprint density at radius 3 is 2.47 bits per heavy atom. The molecule has 1 aliphatic rings. The van der Waals surface area contributed by atoms with Gasteiger partial charge in [-0.2, -0.15) is 0 Å². The van der Waals surface area contributed by atoms with Gasteiger partial charge in [-0.1, -0.05) is 19.1 Å². The van der Waals surface area contributed by atoms with E-state index in [-0.39, 0.29) is 6.10 Å². The molecule has 1 aromatic carbocycles.